The number of nitrogens with zero attached hydrogens (tertiary/aromatic N) is 5. The van der Waals surface area contributed by atoms with Gasteiger partial charge in [-0.1, -0.05) is 42.8 Å². The first-order chi connectivity index (χ1) is 15.9. The van der Waals surface area contributed by atoms with Gasteiger partial charge in [-0.05, 0) is 29.7 Å². The van der Waals surface area contributed by atoms with Crippen molar-refractivity contribution in [1.29, 1.82) is 0 Å². The summed E-state index contributed by atoms with van der Waals surface area (Å²) >= 11 is 6.30. The summed E-state index contributed by atoms with van der Waals surface area (Å²) in [6.07, 6.45) is 0. The molecular formula is C24H24ClN5O3. The van der Waals surface area contributed by atoms with Crippen molar-refractivity contribution < 1.29 is 4.74 Å². The van der Waals surface area contributed by atoms with Crippen LogP contribution in [0.4, 0.5) is 11.6 Å². The van der Waals surface area contributed by atoms with E-state index >= 15 is 0 Å². The molecule has 170 valence electrons. The second-order valence-corrected chi connectivity index (χ2v) is 8.84. The zero-order chi connectivity index (χ0) is 23.3. The van der Waals surface area contributed by atoms with E-state index in [2.05, 4.69) is 11.8 Å². The Hall–Kier alpha value is -3.52. The number of benzene rings is 2. The Balaban J connectivity index is 1.72. The van der Waals surface area contributed by atoms with Gasteiger partial charge in [0.2, 0.25) is 5.95 Å². The van der Waals surface area contributed by atoms with Gasteiger partial charge in [0.25, 0.3) is 5.56 Å². The van der Waals surface area contributed by atoms with Gasteiger partial charge in [-0.2, -0.15) is 4.98 Å². The lowest BCUT2D eigenvalue weighted by atomic mass is 10.1. The first kappa shape index (κ1) is 21.3. The molecule has 0 unspecified atom stereocenters. The van der Waals surface area contributed by atoms with Crippen molar-refractivity contribution in [3.8, 4) is 5.75 Å². The summed E-state index contributed by atoms with van der Waals surface area (Å²) in [6, 6.07) is 15.0. The van der Waals surface area contributed by atoms with E-state index in [0.717, 1.165) is 18.0 Å². The van der Waals surface area contributed by atoms with Gasteiger partial charge in [0.15, 0.2) is 11.2 Å². The molecule has 1 aliphatic heterocycles. The fourth-order valence-electron chi connectivity index (χ4n) is 4.44. The molecule has 3 heterocycles. The van der Waals surface area contributed by atoms with E-state index in [4.69, 9.17) is 21.3 Å². The molecule has 1 atom stereocenters. The Labute approximate surface area is 195 Å². The van der Waals surface area contributed by atoms with E-state index in [-0.39, 0.29) is 18.0 Å². The quantitative estimate of drug-likeness (QED) is 0.462. The number of anilines is 2. The van der Waals surface area contributed by atoms with Crippen LogP contribution >= 0.6 is 11.6 Å². The minimum absolute atomic E-state index is 0.0940. The molecule has 5 rings (SSSR count). The Morgan fingerprint density at radius 2 is 1.91 bits per heavy atom. The first-order valence-corrected chi connectivity index (χ1v) is 11.1. The zero-order valence-electron chi connectivity index (χ0n) is 18.7. The van der Waals surface area contributed by atoms with Gasteiger partial charge in [-0.15, -0.1) is 0 Å². The Bertz CT molecular complexity index is 1490. The molecule has 2 aromatic heterocycles. The van der Waals surface area contributed by atoms with Crippen LogP contribution in [0.3, 0.4) is 0 Å². The van der Waals surface area contributed by atoms with Crippen LogP contribution in [0.5, 0.6) is 5.75 Å². The van der Waals surface area contributed by atoms with Crippen LogP contribution < -0.4 is 20.9 Å². The van der Waals surface area contributed by atoms with E-state index in [1.54, 1.807) is 20.2 Å². The van der Waals surface area contributed by atoms with Crippen LogP contribution in [0.15, 0.2) is 58.1 Å². The molecule has 0 amide bonds. The van der Waals surface area contributed by atoms with Gasteiger partial charge in [-0.25, -0.2) is 4.79 Å². The van der Waals surface area contributed by atoms with Crippen LogP contribution in [0, 0.1) is 5.92 Å². The second-order valence-electron chi connectivity index (χ2n) is 8.44. The molecule has 0 bridgehead atoms. The predicted octanol–water partition coefficient (Wildman–Crippen LogP) is 3.39. The number of halogens is 1. The fourth-order valence-corrected chi connectivity index (χ4v) is 4.63. The maximum Gasteiger partial charge on any atom is 0.332 e. The summed E-state index contributed by atoms with van der Waals surface area (Å²) in [7, 11) is 3.27. The lowest BCUT2D eigenvalue weighted by Gasteiger charge is -2.33. The molecule has 2 aromatic carbocycles. The Kier molecular flexibility index (Phi) is 5.25. The Morgan fingerprint density at radius 1 is 1.12 bits per heavy atom. The van der Waals surface area contributed by atoms with Crippen molar-refractivity contribution in [3.05, 3.63) is 80.0 Å². The molecule has 0 aliphatic carbocycles. The molecule has 0 N–H and O–H groups in total. The summed E-state index contributed by atoms with van der Waals surface area (Å²) < 4.78 is 9.98. The number of ether oxygens (including phenoxy) is 1. The smallest absolute Gasteiger partial charge is 0.332 e. The average Bonchev–Trinajstić information content (AvgIpc) is 3.20. The minimum atomic E-state index is -0.427. The van der Waals surface area contributed by atoms with Gasteiger partial charge < -0.3 is 14.2 Å². The van der Waals surface area contributed by atoms with E-state index in [0.29, 0.717) is 34.2 Å². The van der Waals surface area contributed by atoms with Crippen molar-refractivity contribution in [3.63, 3.8) is 0 Å². The number of hydrogen-bond acceptors (Lipinski definition) is 5. The molecular weight excluding hydrogens is 442 g/mol. The molecule has 0 radical (unpaired) electrons. The summed E-state index contributed by atoms with van der Waals surface area (Å²) in [4.78, 5) is 33.6. The molecule has 0 saturated carbocycles. The number of aromatic nitrogens is 4. The zero-order valence-corrected chi connectivity index (χ0v) is 19.4. The maximum atomic E-state index is 13.6. The number of imidazole rings is 1. The van der Waals surface area contributed by atoms with Crippen LogP contribution in [-0.4, -0.2) is 32.3 Å². The Morgan fingerprint density at radius 3 is 2.67 bits per heavy atom. The van der Waals surface area contributed by atoms with E-state index < -0.39 is 5.69 Å². The average molecular weight is 466 g/mol. The lowest BCUT2D eigenvalue weighted by Crippen LogP contribution is -2.40. The molecule has 9 heteroatoms. The highest BCUT2D eigenvalue weighted by Crippen LogP contribution is 2.34. The number of aryl methyl sites for hydroxylation is 1. The molecule has 1 aliphatic rings. The van der Waals surface area contributed by atoms with Crippen LogP contribution in [0.25, 0.3) is 11.2 Å². The fraction of sp³-hybridized carbons (Fsp3) is 0.292. The van der Waals surface area contributed by atoms with Crippen LogP contribution in [0.1, 0.15) is 12.5 Å². The van der Waals surface area contributed by atoms with Crippen molar-refractivity contribution in [2.24, 2.45) is 13.0 Å². The monoisotopic (exact) mass is 465 g/mol. The number of methoxy groups -OCH3 is 1. The van der Waals surface area contributed by atoms with Gasteiger partial charge in [0.1, 0.15) is 5.75 Å². The van der Waals surface area contributed by atoms with Crippen LogP contribution in [-0.2, 0) is 20.1 Å². The highest BCUT2D eigenvalue weighted by molar-refractivity contribution is 6.31. The molecule has 8 nitrogen and oxygen atoms in total. The van der Waals surface area contributed by atoms with Crippen molar-refractivity contribution >= 4 is 34.4 Å². The molecule has 0 spiro atoms. The summed E-state index contributed by atoms with van der Waals surface area (Å²) in [5, 5.41) is 0.514. The van der Waals surface area contributed by atoms with Crippen molar-refractivity contribution in [2.75, 3.05) is 18.6 Å². The first-order valence-electron chi connectivity index (χ1n) is 10.7. The molecule has 33 heavy (non-hydrogen) atoms. The predicted molar refractivity (Wildman–Crippen MR) is 129 cm³/mol. The summed E-state index contributed by atoms with van der Waals surface area (Å²) in [5.41, 5.74) is 1.62. The number of rotatable bonds is 4. The summed E-state index contributed by atoms with van der Waals surface area (Å²) in [6.45, 7) is 3.59. The highest BCUT2D eigenvalue weighted by atomic mass is 35.5. The third kappa shape index (κ3) is 3.51. The standard InChI is InChI=1S/C24H24ClN5O3/c1-15-12-28(17-8-6-9-18(11-17)33-3)23-26-21-20(29(23)13-15)22(31)30(24(32)27(21)2)14-16-7-4-5-10-19(16)25/h4-11,15H,12-14H2,1-3H3/t15-/m1/s1. The van der Waals surface area contributed by atoms with Crippen molar-refractivity contribution in [2.45, 2.75) is 20.0 Å². The van der Waals surface area contributed by atoms with E-state index in [9.17, 15) is 9.59 Å². The lowest BCUT2D eigenvalue weighted by molar-refractivity contribution is 0.414. The molecule has 4 aromatic rings. The minimum Gasteiger partial charge on any atom is -0.497 e. The largest absolute Gasteiger partial charge is 0.497 e. The molecule has 0 fully saturated rings. The van der Waals surface area contributed by atoms with Gasteiger partial charge in [0.05, 0.1) is 13.7 Å². The van der Waals surface area contributed by atoms with Gasteiger partial charge in [-0.3, -0.25) is 13.9 Å². The molecule has 0 saturated heterocycles. The topological polar surface area (TPSA) is 74.3 Å². The normalized spacial score (nSPS) is 15.6. The van der Waals surface area contributed by atoms with Gasteiger partial charge in [0, 0.05) is 36.9 Å². The van der Waals surface area contributed by atoms with E-state index in [1.807, 2.05) is 47.0 Å². The third-order valence-corrected chi connectivity index (χ3v) is 6.46. The second kappa shape index (κ2) is 8.12. The summed E-state index contributed by atoms with van der Waals surface area (Å²) in [5.74, 6) is 1.64. The number of fused-ring (bicyclic) bond motifs is 3. The van der Waals surface area contributed by atoms with Crippen LogP contribution in [0.2, 0.25) is 5.02 Å². The SMILES string of the molecule is COc1cccc(N2C[C@@H](C)Cn3c2nc2c3c(=O)n(Cc3ccccc3Cl)c(=O)n2C)c1. The van der Waals surface area contributed by atoms with Gasteiger partial charge >= 0.3 is 5.69 Å². The maximum absolute atomic E-state index is 13.6. The third-order valence-electron chi connectivity index (χ3n) is 6.09. The number of hydrogen-bond donors (Lipinski definition) is 0. The van der Waals surface area contributed by atoms with Crippen molar-refractivity contribution in [1.82, 2.24) is 18.7 Å². The van der Waals surface area contributed by atoms with E-state index in [1.165, 1.54) is 9.13 Å². The highest BCUT2D eigenvalue weighted by Gasteiger charge is 2.30.